The maximum absolute atomic E-state index is 12.3. The van der Waals surface area contributed by atoms with Crippen molar-refractivity contribution >= 4 is 17.3 Å². The Bertz CT molecular complexity index is 522. The van der Waals surface area contributed by atoms with Crippen LogP contribution in [0.25, 0.3) is 0 Å². The van der Waals surface area contributed by atoms with Gasteiger partial charge in [0.2, 0.25) is 0 Å². The predicted molar refractivity (Wildman–Crippen MR) is 78.3 cm³/mol. The molecule has 0 aromatic carbocycles. The summed E-state index contributed by atoms with van der Waals surface area (Å²) in [5, 5.41) is 7.67. The molecule has 1 N–H and O–H groups in total. The van der Waals surface area contributed by atoms with Gasteiger partial charge in [0.15, 0.2) is 0 Å². The molecular formula is C14H20ClN3O2. The van der Waals surface area contributed by atoms with Gasteiger partial charge in [-0.15, -0.1) is 0 Å². The molecule has 0 spiro atoms. The second-order valence-electron chi connectivity index (χ2n) is 5.65. The largest absolute Gasteiger partial charge is 0.379 e. The lowest BCUT2D eigenvalue weighted by molar-refractivity contribution is 0.107. The number of hydrogen-bond acceptors (Lipinski definition) is 4. The molecule has 1 aliphatic carbocycles. The average molecular weight is 298 g/mol. The van der Waals surface area contributed by atoms with E-state index in [1.54, 1.807) is 6.20 Å². The van der Waals surface area contributed by atoms with Gasteiger partial charge >= 0.3 is 0 Å². The highest BCUT2D eigenvalue weighted by Gasteiger charge is 2.23. The van der Waals surface area contributed by atoms with Crippen molar-refractivity contribution < 1.29 is 4.74 Å². The quantitative estimate of drug-likeness (QED) is 0.875. The molecule has 0 bridgehead atoms. The van der Waals surface area contributed by atoms with Gasteiger partial charge in [0.1, 0.15) is 5.69 Å². The van der Waals surface area contributed by atoms with Crippen LogP contribution in [-0.2, 0) is 11.3 Å². The molecule has 1 atom stereocenters. The Labute approximate surface area is 123 Å². The molecule has 6 heteroatoms. The first-order valence-corrected chi connectivity index (χ1v) is 7.73. The van der Waals surface area contributed by atoms with Crippen molar-refractivity contribution in [2.24, 2.45) is 5.92 Å². The van der Waals surface area contributed by atoms with Gasteiger partial charge in [0, 0.05) is 19.7 Å². The van der Waals surface area contributed by atoms with E-state index in [4.69, 9.17) is 16.3 Å². The summed E-state index contributed by atoms with van der Waals surface area (Å²) in [5.41, 5.74) is 0.358. The predicted octanol–water partition coefficient (Wildman–Crippen LogP) is 2.29. The highest BCUT2D eigenvalue weighted by atomic mass is 35.5. The van der Waals surface area contributed by atoms with Crippen LogP contribution in [0, 0.1) is 5.92 Å². The van der Waals surface area contributed by atoms with Crippen LogP contribution < -0.4 is 10.9 Å². The van der Waals surface area contributed by atoms with Gasteiger partial charge < -0.3 is 10.1 Å². The first-order valence-electron chi connectivity index (χ1n) is 7.35. The summed E-state index contributed by atoms with van der Waals surface area (Å²) in [6.45, 7) is 2.26. The summed E-state index contributed by atoms with van der Waals surface area (Å²) in [6.07, 6.45) is 7.40. The molecule has 3 rings (SSSR count). The van der Waals surface area contributed by atoms with Crippen LogP contribution >= 0.6 is 11.6 Å². The fourth-order valence-corrected chi connectivity index (χ4v) is 2.73. The van der Waals surface area contributed by atoms with E-state index >= 15 is 0 Å². The maximum atomic E-state index is 12.3. The zero-order valence-electron chi connectivity index (χ0n) is 11.5. The van der Waals surface area contributed by atoms with Crippen molar-refractivity contribution in [3.8, 4) is 0 Å². The molecule has 5 nitrogen and oxygen atoms in total. The zero-order valence-corrected chi connectivity index (χ0v) is 12.2. The minimum absolute atomic E-state index is 0.114. The number of ether oxygens (including phenoxy) is 1. The number of nitrogens with zero attached hydrogens (tertiary/aromatic N) is 2. The standard InChI is InChI=1S/C14H20ClN3O2/c15-12-8-17-18(9-10-3-4-10)14(19)13(12)16-6-5-11-2-1-7-20-11/h8,10-11,16H,1-7,9H2. The molecule has 2 fully saturated rings. The summed E-state index contributed by atoms with van der Waals surface area (Å²) in [5.74, 6) is 0.612. The van der Waals surface area contributed by atoms with Crippen LogP contribution in [0.3, 0.4) is 0 Å². The fraction of sp³-hybridized carbons (Fsp3) is 0.714. The SMILES string of the molecule is O=c1c(NCCC2CCCO2)c(Cl)cnn1CC1CC1. The Morgan fingerprint density at radius 1 is 1.45 bits per heavy atom. The van der Waals surface area contributed by atoms with Crippen LogP contribution in [0.15, 0.2) is 11.0 Å². The first kappa shape index (κ1) is 13.9. The second kappa shape index (κ2) is 6.14. The molecule has 20 heavy (non-hydrogen) atoms. The minimum atomic E-state index is -0.114. The van der Waals surface area contributed by atoms with Gasteiger partial charge in [-0.05, 0) is 38.0 Å². The van der Waals surface area contributed by atoms with Crippen molar-refractivity contribution in [3.63, 3.8) is 0 Å². The molecule has 0 amide bonds. The number of rotatable bonds is 6. The molecular weight excluding hydrogens is 278 g/mol. The molecule has 1 aromatic rings. The average Bonchev–Trinajstić information content (AvgIpc) is 3.10. The van der Waals surface area contributed by atoms with Crippen LogP contribution in [0.1, 0.15) is 32.1 Å². The van der Waals surface area contributed by atoms with Gasteiger partial charge in [-0.2, -0.15) is 5.10 Å². The fourth-order valence-electron chi connectivity index (χ4n) is 2.53. The highest BCUT2D eigenvalue weighted by molar-refractivity contribution is 6.32. The van der Waals surface area contributed by atoms with E-state index in [9.17, 15) is 4.79 Å². The van der Waals surface area contributed by atoms with Gasteiger partial charge in [-0.1, -0.05) is 11.6 Å². The van der Waals surface area contributed by atoms with E-state index in [0.29, 0.717) is 35.8 Å². The van der Waals surface area contributed by atoms with Crippen molar-refractivity contribution in [2.75, 3.05) is 18.5 Å². The molecule has 0 radical (unpaired) electrons. The number of nitrogens with one attached hydrogen (secondary N) is 1. The monoisotopic (exact) mass is 297 g/mol. The lowest BCUT2D eigenvalue weighted by Crippen LogP contribution is -2.27. The summed E-state index contributed by atoms with van der Waals surface area (Å²) >= 11 is 6.08. The maximum Gasteiger partial charge on any atom is 0.291 e. The Morgan fingerprint density at radius 2 is 2.30 bits per heavy atom. The smallest absolute Gasteiger partial charge is 0.291 e. The third kappa shape index (κ3) is 3.33. The number of halogens is 1. The molecule has 1 saturated carbocycles. The Balaban J connectivity index is 1.62. The molecule has 2 heterocycles. The van der Waals surface area contributed by atoms with Crippen molar-refractivity contribution in [1.82, 2.24) is 9.78 Å². The van der Waals surface area contributed by atoms with Gasteiger partial charge in [0.25, 0.3) is 5.56 Å². The van der Waals surface area contributed by atoms with Crippen molar-refractivity contribution in [1.29, 1.82) is 0 Å². The van der Waals surface area contributed by atoms with Crippen LogP contribution in [-0.4, -0.2) is 29.0 Å². The van der Waals surface area contributed by atoms with Gasteiger partial charge in [-0.25, -0.2) is 4.68 Å². The van der Waals surface area contributed by atoms with Crippen LogP contribution in [0.4, 0.5) is 5.69 Å². The molecule has 1 unspecified atom stereocenters. The summed E-state index contributed by atoms with van der Waals surface area (Å²) in [6, 6.07) is 0. The third-order valence-electron chi connectivity index (χ3n) is 3.92. The minimum Gasteiger partial charge on any atom is -0.379 e. The third-order valence-corrected chi connectivity index (χ3v) is 4.20. The Hall–Kier alpha value is -1.07. The summed E-state index contributed by atoms with van der Waals surface area (Å²) < 4.78 is 7.09. The Morgan fingerprint density at radius 3 is 3.00 bits per heavy atom. The van der Waals surface area contributed by atoms with Gasteiger partial charge in [0.05, 0.1) is 17.3 Å². The first-order chi connectivity index (χ1) is 9.74. The Kier molecular flexibility index (Phi) is 4.27. The molecule has 1 aromatic heterocycles. The summed E-state index contributed by atoms with van der Waals surface area (Å²) in [4.78, 5) is 12.3. The van der Waals surface area contributed by atoms with Crippen LogP contribution in [0.5, 0.6) is 0 Å². The zero-order chi connectivity index (χ0) is 13.9. The van der Waals surface area contributed by atoms with E-state index in [2.05, 4.69) is 10.4 Å². The topological polar surface area (TPSA) is 56.1 Å². The van der Waals surface area contributed by atoms with E-state index in [1.165, 1.54) is 17.5 Å². The molecule has 110 valence electrons. The van der Waals surface area contributed by atoms with E-state index in [1.807, 2.05) is 0 Å². The second-order valence-corrected chi connectivity index (χ2v) is 6.06. The molecule has 1 saturated heterocycles. The number of hydrogen-bond donors (Lipinski definition) is 1. The lowest BCUT2D eigenvalue weighted by atomic mass is 10.2. The summed E-state index contributed by atoms with van der Waals surface area (Å²) in [7, 11) is 0. The number of aromatic nitrogens is 2. The lowest BCUT2D eigenvalue weighted by Gasteiger charge is -2.12. The van der Waals surface area contributed by atoms with Gasteiger partial charge in [-0.3, -0.25) is 4.79 Å². The molecule has 2 aliphatic rings. The highest BCUT2D eigenvalue weighted by Crippen LogP contribution is 2.30. The van der Waals surface area contributed by atoms with E-state index in [-0.39, 0.29) is 5.56 Å². The van der Waals surface area contributed by atoms with Crippen LogP contribution in [0.2, 0.25) is 5.02 Å². The molecule has 1 aliphatic heterocycles. The van der Waals surface area contributed by atoms with Crippen molar-refractivity contribution in [3.05, 3.63) is 21.6 Å². The van der Waals surface area contributed by atoms with E-state index in [0.717, 1.165) is 25.9 Å². The normalized spacial score (nSPS) is 22.1. The number of anilines is 1. The van der Waals surface area contributed by atoms with Crippen molar-refractivity contribution in [2.45, 2.75) is 44.8 Å². The van der Waals surface area contributed by atoms with E-state index < -0.39 is 0 Å².